The molecule has 1 saturated carbocycles. The van der Waals surface area contributed by atoms with E-state index in [-0.39, 0.29) is 10.4 Å². The molecule has 0 heterocycles. The molecule has 41 heavy (non-hydrogen) atoms. The van der Waals surface area contributed by atoms with Gasteiger partial charge < -0.3 is 14.2 Å². The summed E-state index contributed by atoms with van der Waals surface area (Å²) in [7, 11) is 0. The van der Waals surface area contributed by atoms with Crippen molar-refractivity contribution in [3.05, 3.63) is 131 Å². The number of Topliss-reactive ketones (excluding diaryl/α,β-unsaturated/α-hetero) is 1. The summed E-state index contributed by atoms with van der Waals surface area (Å²) >= 11 is 11.8. The van der Waals surface area contributed by atoms with Gasteiger partial charge in [-0.2, -0.15) is 0 Å². The Morgan fingerprint density at radius 2 is 1.27 bits per heavy atom. The van der Waals surface area contributed by atoms with Crippen molar-refractivity contribution in [1.82, 2.24) is 0 Å². The molecule has 1 aliphatic carbocycles. The molecule has 4 aromatic carbocycles. The molecule has 208 valence electrons. The fourth-order valence-electron chi connectivity index (χ4n) is 4.89. The summed E-state index contributed by atoms with van der Waals surface area (Å²) in [4.78, 5) is 27.5. The van der Waals surface area contributed by atoms with Gasteiger partial charge in [0.25, 0.3) is 0 Å². The number of ether oxygens (including phenoxy) is 3. The van der Waals surface area contributed by atoms with Gasteiger partial charge in [0, 0.05) is 11.1 Å². The van der Waals surface area contributed by atoms with Crippen molar-refractivity contribution in [3.8, 4) is 23.0 Å². The molecule has 7 heteroatoms. The molecule has 0 aliphatic heterocycles. The number of allylic oxidation sites excluding steroid dienone is 1. The SMILES string of the molecule is CC1(C)[C@H](C=C(Cl)Cl)[C@@H]1C(=O)O[C@H](C(=O)c1cccc(Oc2ccccc2)c1)c1cccc(Oc2ccccc2)c1. The van der Waals surface area contributed by atoms with Crippen molar-refractivity contribution in [3.63, 3.8) is 0 Å². The molecular formula is C34H28Cl2O5. The second-order valence-corrected chi connectivity index (χ2v) is 11.4. The molecule has 0 N–H and O–H groups in total. The zero-order valence-electron chi connectivity index (χ0n) is 22.5. The minimum atomic E-state index is -1.22. The summed E-state index contributed by atoms with van der Waals surface area (Å²) < 4.78 is 18.0. The van der Waals surface area contributed by atoms with Crippen LogP contribution in [0.5, 0.6) is 23.0 Å². The van der Waals surface area contributed by atoms with Gasteiger partial charge in [-0.25, -0.2) is 0 Å². The fraction of sp³-hybridized carbons (Fsp3) is 0.176. The lowest BCUT2D eigenvalue weighted by Crippen LogP contribution is -2.22. The maximum Gasteiger partial charge on any atom is 0.311 e. The third kappa shape index (κ3) is 6.82. The standard InChI is InChI=1S/C34H28Cl2O5/c1-34(2)28(21-29(35)36)30(34)33(38)41-32(23-12-10-18-27(20-23)40-25-15-7-4-8-16-25)31(37)22-11-9-17-26(19-22)39-24-13-5-3-6-14-24/h3-21,28,30,32H,1-2H3/t28-,30-,32+/m1/s1. The maximum atomic E-state index is 14.0. The number of benzene rings is 4. The molecule has 0 aromatic heterocycles. The highest BCUT2D eigenvalue weighted by atomic mass is 35.5. The van der Waals surface area contributed by atoms with Crippen LogP contribution in [-0.2, 0) is 9.53 Å². The van der Waals surface area contributed by atoms with Crippen molar-refractivity contribution in [1.29, 1.82) is 0 Å². The second kappa shape index (κ2) is 12.2. The first-order valence-electron chi connectivity index (χ1n) is 13.2. The first-order valence-corrected chi connectivity index (χ1v) is 13.9. The molecule has 0 bridgehead atoms. The van der Waals surface area contributed by atoms with E-state index in [9.17, 15) is 9.59 Å². The molecule has 5 rings (SSSR count). The quantitative estimate of drug-likeness (QED) is 0.137. The predicted molar refractivity (Wildman–Crippen MR) is 160 cm³/mol. The summed E-state index contributed by atoms with van der Waals surface area (Å²) in [6, 6.07) is 32.4. The molecule has 0 unspecified atom stereocenters. The molecule has 4 aromatic rings. The van der Waals surface area contributed by atoms with Gasteiger partial charge in [0.2, 0.25) is 5.78 Å². The molecule has 0 radical (unpaired) electrons. The van der Waals surface area contributed by atoms with Crippen LogP contribution in [0.3, 0.4) is 0 Å². The number of ketones is 1. The Balaban J connectivity index is 1.45. The number of carbonyl (C=O) groups is 2. The molecule has 0 saturated heterocycles. The van der Waals surface area contributed by atoms with Crippen molar-refractivity contribution in [2.45, 2.75) is 20.0 Å². The average Bonchev–Trinajstić information content (AvgIpc) is 3.51. The lowest BCUT2D eigenvalue weighted by Gasteiger charge is -2.19. The van der Waals surface area contributed by atoms with Crippen molar-refractivity contribution in [2.24, 2.45) is 17.3 Å². The van der Waals surface area contributed by atoms with Crippen LogP contribution in [0, 0.1) is 17.3 Å². The first-order chi connectivity index (χ1) is 19.7. The highest BCUT2D eigenvalue weighted by molar-refractivity contribution is 6.55. The Morgan fingerprint density at radius 1 is 0.732 bits per heavy atom. The van der Waals surface area contributed by atoms with E-state index in [0.29, 0.717) is 34.1 Å². The Bertz CT molecular complexity index is 1560. The molecule has 1 fully saturated rings. The molecular weight excluding hydrogens is 559 g/mol. The van der Waals surface area contributed by atoms with Gasteiger partial charge in [-0.3, -0.25) is 9.59 Å². The van der Waals surface area contributed by atoms with E-state index in [2.05, 4.69) is 0 Å². The van der Waals surface area contributed by atoms with E-state index in [1.54, 1.807) is 54.6 Å². The molecule has 3 atom stereocenters. The van der Waals surface area contributed by atoms with Gasteiger partial charge in [-0.1, -0.05) is 97.7 Å². The van der Waals surface area contributed by atoms with Crippen LogP contribution in [0.15, 0.2) is 120 Å². The zero-order chi connectivity index (χ0) is 29.0. The molecule has 0 spiro atoms. The van der Waals surface area contributed by atoms with Gasteiger partial charge in [0.05, 0.1) is 5.92 Å². The van der Waals surface area contributed by atoms with Gasteiger partial charge in [-0.15, -0.1) is 0 Å². The number of para-hydroxylation sites is 2. The Hall–Kier alpha value is -4.06. The van der Waals surface area contributed by atoms with Crippen molar-refractivity contribution in [2.75, 3.05) is 0 Å². The topological polar surface area (TPSA) is 61.8 Å². The number of rotatable bonds is 10. The van der Waals surface area contributed by atoms with E-state index in [4.69, 9.17) is 37.4 Å². The van der Waals surface area contributed by atoms with Gasteiger partial charge in [-0.05, 0) is 65.9 Å². The van der Waals surface area contributed by atoms with Gasteiger partial charge in [0.1, 0.15) is 27.5 Å². The smallest absolute Gasteiger partial charge is 0.311 e. The molecule has 5 nitrogen and oxygen atoms in total. The van der Waals surface area contributed by atoms with Crippen LogP contribution >= 0.6 is 23.2 Å². The summed E-state index contributed by atoms with van der Waals surface area (Å²) in [6.45, 7) is 3.87. The van der Waals surface area contributed by atoms with Crippen LogP contribution in [-0.4, -0.2) is 11.8 Å². The van der Waals surface area contributed by atoms with E-state index in [1.807, 2.05) is 74.5 Å². The fourth-order valence-corrected chi connectivity index (χ4v) is 5.16. The summed E-state index contributed by atoms with van der Waals surface area (Å²) in [6.07, 6.45) is 0.422. The minimum Gasteiger partial charge on any atom is -0.457 e. The predicted octanol–water partition coefficient (Wildman–Crippen LogP) is 9.33. The van der Waals surface area contributed by atoms with E-state index < -0.39 is 29.2 Å². The number of esters is 1. The lowest BCUT2D eigenvalue weighted by molar-refractivity contribution is -0.150. The Labute approximate surface area is 249 Å². The van der Waals surface area contributed by atoms with Crippen molar-refractivity contribution < 1.29 is 23.8 Å². The molecule has 0 amide bonds. The van der Waals surface area contributed by atoms with Gasteiger partial charge in [0.15, 0.2) is 6.10 Å². The summed E-state index contributed by atoms with van der Waals surface area (Å²) in [5.41, 5.74) is 0.398. The number of carbonyl (C=O) groups excluding carboxylic acids is 2. The largest absolute Gasteiger partial charge is 0.457 e. The lowest BCUT2D eigenvalue weighted by atomic mass is 9.99. The first kappa shape index (κ1) is 28.5. The summed E-state index contributed by atoms with van der Waals surface area (Å²) in [5.74, 6) is 0.669. The molecule has 1 aliphatic rings. The minimum absolute atomic E-state index is 0.0898. The number of hydrogen-bond donors (Lipinski definition) is 0. The average molecular weight is 587 g/mol. The van der Waals surface area contributed by atoms with Crippen LogP contribution in [0.25, 0.3) is 0 Å². The Morgan fingerprint density at radius 3 is 1.85 bits per heavy atom. The third-order valence-electron chi connectivity index (χ3n) is 7.18. The summed E-state index contributed by atoms with van der Waals surface area (Å²) in [5, 5.41) is 0. The third-order valence-corrected chi connectivity index (χ3v) is 7.43. The van der Waals surface area contributed by atoms with Crippen LogP contribution in [0.1, 0.15) is 35.9 Å². The van der Waals surface area contributed by atoms with Crippen LogP contribution in [0.2, 0.25) is 0 Å². The Kier molecular flexibility index (Phi) is 8.48. The van der Waals surface area contributed by atoms with Gasteiger partial charge >= 0.3 is 5.97 Å². The van der Waals surface area contributed by atoms with E-state index in [1.165, 1.54) is 0 Å². The number of hydrogen-bond acceptors (Lipinski definition) is 5. The van der Waals surface area contributed by atoms with E-state index in [0.717, 1.165) is 0 Å². The normalized spacial score (nSPS) is 17.6. The second-order valence-electron chi connectivity index (χ2n) is 10.4. The maximum absolute atomic E-state index is 14.0. The highest BCUT2D eigenvalue weighted by Crippen LogP contribution is 2.60. The van der Waals surface area contributed by atoms with Crippen LogP contribution in [0.4, 0.5) is 0 Å². The van der Waals surface area contributed by atoms with Crippen LogP contribution < -0.4 is 9.47 Å². The monoisotopic (exact) mass is 586 g/mol. The number of halogens is 2. The zero-order valence-corrected chi connectivity index (χ0v) is 24.0. The van der Waals surface area contributed by atoms with E-state index >= 15 is 0 Å². The van der Waals surface area contributed by atoms with Crippen molar-refractivity contribution >= 4 is 35.0 Å². The highest BCUT2D eigenvalue weighted by Gasteiger charge is 2.62.